The van der Waals surface area contributed by atoms with Crippen LogP contribution in [-0.4, -0.2) is 26.5 Å². The Morgan fingerprint density at radius 2 is 2.17 bits per heavy atom. The number of rotatable bonds is 3. The predicted octanol–water partition coefficient (Wildman–Crippen LogP) is 1.43. The van der Waals surface area contributed by atoms with Gasteiger partial charge in [0.2, 0.25) is 0 Å². The fraction of sp³-hybridized carbons (Fsp3) is 0.385. The van der Waals surface area contributed by atoms with Crippen LogP contribution in [0.5, 0.6) is 0 Å². The molecule has 0 radical (unpaired) electrons. The zero-order valence-corrected chi connectivity index (χ0v) is 9.93. The van der Waals surface area contributed by atoms with Crippen LogP contribution in [0, 0.1) is 5.82 Å². The first kappa shape index (κ1) is 11.3. The third-order valence-corrected chi connectivity index (χ3v) is 3.26. The highest BCUT2D eigenvalue weighted by Crippen LogP contribution is 2.26. The van der Waals surface area contributed by atoms with Gasteiger partial charge in [-0.05, 0) is 36.6 Å². The van der Waals surface area contributed by atoms with Gasteiger partial charge in [-0.3, -0.25) is 4.57 Å². The third-order valence-electron chi connectivity index (χ3n) is 3.26. The molecule has 0 spiro atoms. The van der Waals surface area contributed by atoms with Crippen LogP contribution in [0.1, 0.15) is 23.6 Å². The fourth-order valence-electron chi connectivity index (χ4n) is 2.41. The van der Waals surface area contributed by atoms with Gasteiger partial charge in [-0.2, -0.15) is 0 Å². The van der Waals surface area contributed by atoms with E-state index < -0.39 is 0 Å². The minimum absolute atomic E-state index is 0.137. The number of hydrogen-bond donors (Lipinski definition) is 1. The van der Waals surface area contributed by atoms with Gasteiger partial charge >= 0.3 is 0 Å². The minimum Gasteiger partial charge on any atom is -0.396 e. The van der Waals surface area contributed by atoms with Crippen molar-refractivity contribution in [2.75, 3.05) is 6.61 Å². The summed E-state index contributed by atoms with van der Waals surface area (Å²) in [5.74, 6) is 1.55. The van der Waals surface area contributed by atoms with E-state index in [-0.39, 0.29) is 12.4 Å². The van der Waals surface area contributed by atoms with E-state index >= 15 is 0 Å². The standard InChI is InChI=1S/C13H14FN3O/c14-10-4-5-11-9(8-10)3-6-13-16-15-12(17(11)13)2-1-7-18/h4-5,8,18H,1-3,6-7H2. The number of aliphatic hydroxyl groups is 1. The predicted molar refractivity (Wildman–Crippen MR) is 64.1 cm³/mol. The second-order valence-electron chi connectivity index (χ2n) is 4.47. The Labute approximate surface area is 104 Å². The second-order valence-corrected chi connectivity index (χ2v) is 4.47. The highest BCUT2D eigenvalue weighted by molar-refractivity contribution is 5.45. The smallest absolute Gasteiger partial charge is 0.137 e. The summed E-state index contributed by atoms with van der Waals surface area (Å²) in [6, 6.07) is 4.82. The lowest BCUT2D eigenvalue weighted by atomic mass is 10.0. The van der Waals surface area contributed by atoms with Gasteiger partial charge in [0.15, 0.2) is 0 Å². The molecule has 0 fully saturated rings. The number of aliphatic hydroxyl groups excluding tert-OH is 1. The quantitative estimate of drug-likeness (QED) is 0.892. The van der Waals surface area contributed by atoms with Crippen LogP contribution >= 0.6 is 0 Å². The first-order valence-corrected chi connectivity index (χ1v) is 6.12. The molecule has 2 aromatic rings. The maximum Gasteiger partial charge on any atom is 0.137 e. The maximum atomic E-state index is 13.2. The van der Waals surface area contributed by atoms with Crippen molar-refractivity contribution in [2.45, 2.75) is 25.7 Å². The molecule has 1 aromatic carbocycles. The summed E-state index contributed by atoms with van der Waals surface area (Å²) in [5.41, 5.74) is 1.96. The van der Waals surface area contributed by atoms with Gasteiger partial charge < -0.3 is 5.11 Å². The van der Waals surface area contributed by atoms with Crippen LogP contribution in [0.25, 0.3) is 5.69 Å². The summed E-state index contributed by atoms with van der Waals surface area (Å²) in [6.45, 7) is 0.137. The molecule has 0 saturated heterocycles. The van der Waals surface area contributed by atoms with Crippen molar-refractivity contribution >= 4 is 0 Å². The molecule has 0 saturated carbocycles. The van der Waals surface area contributed by atoms with E-state index in [4.69, 9.17) is 5.11 Å². The van der Waals surface area contributed by atoms with Crippen LogP contribution in [0.2, 0.25) is 0 Å². The van der Waals surface area contributed by atoms with Crippen molar-refractivity contribution < 1.29 is 9.50 Å². The lowest BCUT2D eigenvalue weighted by Crippen LogP contribution is -2.15. The molecule has 3 rings (SSSR count). The van der Waals surface area contributed by atoms with Crippen molar-refractivity contribution in [3.8, 4) is 5.69 Å². The minimum atomic E-state index is -0.206. The Kier molecular flexibility index (Phi) is 2.83. The fourth-order valence-corrected chi connectivity index (χ4v) is 2.41. The number of halogens is 1. The molecule has 1 aromatic heterocycles. The Morgan fingerprint density at radius 1 is 1.28 bits per heavy atom. The molecule has 18 heavy (non-hydrogen) atoms. The molecule has 94 valence electrons. The molecule has 1 N–H and O–H groups in total. The van der Waals surface area contributed by atoms with E-state index in [0.717, 1.165) is 35.7 Å². The van der Waals surface area contributed by atoms with Gasteiger partial charge in [0, 0.05) is 19.4 Å². The van der Waals surface area contributed by atoms with Gasteiger partial charge in [-0.25, -0.2) is 4.39 Å². The number of aromatic nitrogens is 3. The summed E-state index contributed by atoms with van der Waals surface area (Å²) in [6.07, 6.45) is 2.92. The van der Waals surface area contributed by atoms with Crippen LogP contribution < -0.4 is 0 Å². The van der Waals surface area contributed by atoms with Crippen molar-refractivity contribution in [3.05, 3.63) is 41.2 Å². The van der Waals surface area contributed by atoms with E-state index in [1.807, 2.05) is 4.57 Å². The number of fused-ring (bicyclic) bond motifs is 3. The van der Waals surface area contributed by atoms with E-state index in [1.165, 1.54) is 6.07 Å². The van der Waals surface area contributed by atoms with Gasteiger partial charge in [0.05, 0.1) is 5.69 Å². The highest BCUT2D eigenvalue weighted by atomic mass is 19.1. The lowest BCUT2D eigenvalue weighted by Gasteiger charge is -2.19. The molecule has 1 aliphatic rings. The van der Waals surface area contributed by atoms with Gasteiger partial charge in [0.25, 0.3) is 0 Å². The largest absolute Gasteiger partial charge is 0.396 e. The maximum absolute atomic E-state index is 13.2. The number of benzene rings is 1. The summed E-state index contributed by atoms with van der Waals surface area (Å²) >= 11 is 0. The molecule has 5 heteroatoms. The van der Waals surface area contributed by atoms with Crippen LogP contribution in [0.15, 0.2) is 18.2 Å². The van der Waals surface area contributed by atoms with Crippen LogP contribution in [0.3, 0.4) is 0 Å². The van der Waals surface area contributed by atoms with Crippen LogP contribution in [-0.2, 0) is 19.3 Å². The van der Waals surface area contributed by atoms with E-state index in [2.05, 4.69) is 10.2 Å². The molecule has 0 atom stereocenters. The first-order valence-electron chi connectivity index (χ1n) is 6.12. The molecule has 1 aliphatic heterocycles. The zero-order valence-electron chi connectivity index (χ0n) is 9.93. The van der Waals surface area contributed by atoms with Crippen LogP contribution in [0.4, 0.5) is 4.39 Å². The summed E-state index contributed by atoms with van der Waals surface area (Å²) in [4.78, 5) is 0. The Balaban J connectivity index is 2.07. The number of aryl methyl sites for hydroxylation is 3. The van der Waals surface area contributed by atoms with Crippen molar-refractivity contribution in [1.82, 2.24) is 14.8 Å². The SMILES string of the molecule is OCCCc1nnc2n1-c1ccc(F)cc1CC2. The average molecular weight is 247 g/mol. The van der Waals surface area contributed by atoms with Gasteiger partial charge in [-0.15, -0.1) is 10.2 Å². The third kappa shape index (κ3) is 1.80. The summed E-state index contributed by atoms with van der Waals surface area (Å²) in [5, 5.41) is 17.2. The normalized spacial score (nSPS) is 13.2. The van der Waals surface area contributed by atoms with Gasteiger partial charge in [0.1, 0.15) is 17.5 Å². The average Bonchev–Trinajstić information content (AvgIpc) is 2.79. The molecule has 0 aliphatic carbocycles. The number of hydrogen-bond acceptors (Lipinski definition) is 3. The first-order chi connectivity index (χ1) is 8.79. The van der Waals surface area contributed by atoms with E-state index in [0.29, 0.717) is 12.8 Å². The Hall–Kier alpha value is -1.75. The number of nitrogens with zero attached hydrogens (tertiary/aromatic N) is 3. The van der Waals surface area contributed by atoms with Crippen molar-refractivity contribution in [1.29, 1.82) is 0 Å². The van der Waals surface area contributed by atoms with Gasteiger partial charge in [-0.1, -0.05) is 0 Å². The molecule has 0 amide bonds. The Morgan fingerprint density at radius 3 is 3.00 bits per heavy atom. The summed E-state index contributed by atoms with van der Waals surface area (Å²) < 4.78 is 15.2. The van der Waals surface area contributed by atoms with Crippen molar-refractivity contribution in [2.24, 2.45) is 0 Å². The molecular weight excluding hydrogens is 233 g/mol. The lowest BCUT2D eigenvalue weighted by molar-refractivity contribution is 0.287. The molecule has 4 nitrogen and oxygen atoms in total. The topological polar surface area (TPSA) is 50.9 Å². The van der Waals surface area contributed by atoms with Crippen molar-refractivity contribution in [3.63, 3.8) is 0 Å². The second kappa shape index (κ2) is 4.49. The molecule has 0 unspecified atom stereocenters. The molecular formula is C13H14FN3O. The van der Waals surface area contributed by atoms with E-state index in [9.17, 15) is 4.39 Å². The zero-order chi connectivity index (χ0) is 12.5. The highest BCUT2D eigenvalue weighted by Gasteiger charge is 2.21. The Bertz CT molecular complexity index is 580. The molecule has 0 bridgehead atoms. The monoisotopic (exact) mass is 247 g/mol. The molecule has 2 heterocycles. The van der Waals surface area contributed by atoms with E-state index in [1.54, 1.807) is 12.1 Å². The summed E-state index contributed by atoms with van der Waals surface area (Å²) in [7, 11) is 0.